The zero-order chi connectivity index (χ0) is 30.8. The van der Waals surface area contributed by atoms with Crippen molar-refractivity contribution < 1.29 is 53.4 Å². The van der Waals surface area contributed by atoms with Crippen LogP contribution in [-0.2, 0) is 31.5 Å². The highest BCUT2D eigenvalue weighted by atomic mass is 32.2. The minimum atomic E-state index is -6.35. The summed E-state index contributed by atoms with van der Waals surface area (Å²) in [4.78, 5) is 12.3. The van der Waals surface area contributed by atoms with Crippen molar-refractivity contribution >= 4 is 15.7 Å². The van der Waals surface area contributed by atoms with Gasteiger partial charge in [-0.15, -0.1) is 0 Å². The number of hydrogen-bond acceptors (Lipinski definition) is 4. The van der Waals surface area contributed by atoms with Crippen LogP contribution in [0.25, 0.3) is 0 Å². The van der Waals surface area contributed by atoms with Crippen molar-refractivity contribution in [1.82, 2.24) is 5.32 Å². The van der Waals surface area contributed by atoms with E-state index in [2.05, 4.69) is 5.32 Å². The smallest absolute Gasteiger partial charge is 0.390 e. The van der Waals surface area contributed by atoms with Crippen LogP contribution in [0.15, 0.2) is 47.4 Å². The van der Waals surface area contributed by atoms with Gasteiger partial charge in [0, 0.05) is 17.5 Å². The fraction of sp³-hybridized carbons (Fsp3) is 0.519. The van der Waals surface area contributed by atoms with E-state index in [0.29, 0.717) is 12.1 Å². The lowest BCUT2D eigenvalue weighted by atomic mass is 9.74. The Morgan fingerprint density at radius 3 is 2.10 bits per heavy atom. The molecule has 0 radical (unpaired) electrons. The lowest BCUT2D eigenvalue weighted by molar-refractivity contribution is -0.348. The molecular formula is C27H27F8NO4S. The molecule has 226 valence electrons. The Bertz CT molecular complexity index is 1420. The quantitative estimate of drug-likeness (QED) is 0.320. The molecule has 0 aromatic heterocycles. The minimum Gasteiger partial charge on any atom is -0.390 e. The second-order valence-electron chi connectivity index (χ2n) is 11.2. The van der Waals surface area contributed by atoms with Crippen LogP contribution < -0.4 is 5.32 Å². The van der Waals surface area contributed by atoms with E-state index in [-0.39, 0.29) is 48.1 Å². The number of halogens is 8. The largest absolute Gasteiger partial charge is 0.435 e. The molecule has 0 spiro atoms. The lowest BCUT2D eigenvalue weighted by Crippen LogP contribution is -2.51. The first-order valence-corrected chi connectivity index (χ1v) is 14.1. The summed E-state index contributed by atoms with van der Waals surface area (Å²) >= 11 is 0. The average Bonchev–Trinajstić information content (AvgIpc) is 3.21. The number of alkyl halides is 7. The third-order valence-electron chi connectivity index (χ3n) is 7.92. The third-order valence-corrected chi connectivity index (χ3v) is 10.5. The highest BCUT2D eigenvalue weighted by molar-refractivity contribution is 7.92. The van der Waals surface area contributed by atoms with Gasteiger partial charge in [0.1, 0.15) is 10.6 Å². The van der Waals surface area contributed by atoms with E-state index >= 15 is 0 Å². The number of aryl methyl sites for hydroxylation is 1. The van der Waals surface area contributed by atoms with Crippen LogP contribution >= 0.6 is 0 Å². The van der Waals surface area contributed by atoms with Gasteiger partial charge in [0.2, 0.25) is 5.91 Å². The van der Waals surface area contributed by atoms with Gasteiger partial charge in [-0.1, -0.05) is 18.2 Å². The van der Waals surface area contributed by atoms with Crippen molar-refractivity contribution in [3.8, 4) is 0 Å². The second kappa shape index (κ2) is 9.92. The number of carbonyl (C=O) groups is 1. The molecule has 2 aromatic carbocycles. The molecule has 0 aliphatic heterocycles. The number of hydrogen-bond donors (Lipinski definition) is 2. The fourth-order valence-corrected chi connectivity index (χ4v) is 8.67. The van der Waals surface area contributed by atoms with Crippen LogP contribution in [0.4, 0.5) is 35.1 Å². The summed E-state index contributed by atoms with van der Waals surface area (Å²) in [6, 6.07) is 4.50. The number of benzene rings is 2. The zero-order valence-corrected chi connectivity index (χ0v) is 22.7. The standard InChI is InChI=1S/C27H27F8NO4S/c1-23(2,38)14-22(37)36-21-11-12-24(41(39,40)18-7-5-17(28)6-8-18)19-10-4-16(13-15(19)3-9-20(21)24)25(29,26(30,31)32)27(33,34)35/h4-8,10,13,20-21,38H,3,9,11-12,14H2,1-2H3,(H,36,37)/t20-,21+,24+/m0/s1. The van der Waals surface area contributed by atoms with E-state index in [1.807, 2.05) is 0 Å². The van der Waals surface area contributed by atoms with Gasteiger partial charge in [-0.3, -0.25) is 4.79 Å². The summed E-state index contributed by atoms with van der Waals surface area (Å²) in [6.45, 7) is 2.79. The maximum Gasteiger partial charge on any atom is 0.435 e. The lowest BCUT2D eigenvalue weighted by Gasteiger charge is -2.43. The Hall–Kier alpha value is -2.74. The van der Waals surface area contributed by atoms with E-state index < -0.39 is 67.5 Å². The zero-order valence-electron chi connectivity index (χ0n) is 21.8. The molecule has 1 fully saturated rings. The Morgan fingerprint density at radius 1 is 0.976 bits per heavy atom. The number of rotatable bonds is 6. The molecule has 2 aliphatic rings. The molecule has 2 aliphatic carbocycles. The molecule has 41 heavy (non-hydrogen) atoms. The molecule has 1 saturated carbocycles. The molecule has 2 N–H and O–H groups in total. The van der Waals surface area contributed by atoms with Gasteiger partial charge in [0.05, 0.1) is 16.9 Å². The Morgan fingerprint density at radius 2 is 1.56 bits per heavy atom. The highest BCUT2D eigenvalue weighted by Crippen LogP contribution is 2.59. The first-order chi connectivity index (χ1) is 18.6. The van der Waals surface area contributed by atoms with Gasteiger partial charge >= 0.3 is 18.0 Å². The predicted molar refractivity (Wildman–Crippen MR) is 130 cm³/mol. The topological polar surface area (TPSA) is 83.5 Å². The van der Waals surface area contributed by atoms with Gasteiger partial charge in [-0.25, -0.2) is 17.2 Å². The number of carbonyl (C=O) groups excluding carboxylic acids is 1. The van der Waals surface area contributed by atoms with Gasteiger partial charge in [0.15, 0.2) is 9.84 Å². The monoisotopic (exact) mass is 613 g/mol. The maximum atomic E-state index is 14.9. The number of nitrogens with one attached hydrogen (secondary N) is 1. The van der Waals surface area contributed by atoms with E-state index in [1.165, 1.54) is 13.8 Å². The number of fused-ring (bicyclic) bond motifs is 3. The Kier molecular flexibility index (Phi) is 7.55. The van der Waals surface area contributed by atoms with Crippen LogP contribution in [-0.4, -0.2) is 43.4 Å². The maximum absolute atomic E-state index is 14.9. The summed E-state index contributed by atoms with van der Waals surface area (Å²) in [5, 5.41) is 12.7. The molecule has 4 rings (SSSR count). The van der Waals surface area contributed by atoms with Crippen molar-refractivity contribution in [1.29, 1.82) is 0 Å². The van der Waals surface area contributed by atoms with Gasteiger partial charge in [-0.05, 0) is 74.9 Å². The van der Waals surface area contributed by atoms with Gasteiger partial charge in [-0.2, -0.15) is 26.3 Å². The van der Waals surface area contributed by atoms with Crippen LogP contribution in [0.3, 0.4) is 0 Å². The summed E-state index contributed by atoms with van der Waals surface area (Å²) < 4.78 is 136. The Labute approximate surface area is 230 Å². The molecule has 0 bridgehead atoms. The van der Waals surface area contributed by atoms with Crippen LogP contribution in [0, 0.1) is 11.7 Å². The number of sulfone groups is 1. The summed E-state index contributed by atoms with van der Waals surface area (Å²) in [5.74, 6) is -2.22. The van der Waals surface area contributed by atoms with Crippen LogP contribution in [0.2, 0.25) is 0 Å². The summed E-state index contributed by atoms with van der Waals surface area (Å²) in [7, 11) is -4.51. The van der Waals surface area contributed by atoms with Crippen molar-refractivity contribution in [3.05, 3.63) is 65.0 Å². The second-order valence-corrected chi connectivity index (χ2v) is 13.4. The molecule has 0 heterocycles. The number of aliphatic hydroxyl groups is 1. The first-order valence-electron chi connectivity index (χ1n) is 12.6. The molecule has 0 saturated heterocycles. The highest BCUT2D eigenvalue weighted by Gasteiger charge is 2.73. The molecule has 5 nitrogen and oxygen atoms in total. The van der Waals surface area contributed by atoms with E-state index in [9.17, 15) is 53.4 Å². The van der Waals surface area contributed by atoms with Crippen molar-refractivity contribution in [2.75, 3.05) is 0 Å². The average molecular weight is 614 g/mol. The Balaban J connectivity index is 1.89. The third kappa shape index (κ3) is 5.10. The summed E-state index contributed by atoms with van der Waals surface area (Å²) in [5.41, 5.74) is -9.11. The molecule has 2 aromatic rings. The van der Waals surface area contributed by atoms with Crippen molar-refractivity contribution in [3.63, 3.8) is 0 Å². The van der Waals surface area contributed by atoms with Gasteiger partial charge in [0.25, 0.3) is 0 Å². The SMILES string of the molecule is CC(C)(O)CC(=O)N[C@@H]1CC[C@@]2(S(=O)(=O)c3ccc(F)cc3)c3ccc(C(F)(C(F)(F)F)C(F)(F)F)cc3CC[C@@H]12. The van der Waals surface area contributed by atoms with E-state index in [4.69, 9.17) is 0 Å². The normalized spacial score (nSPS) is 23.6. The summed E-state index contributed by atoms with van der Waals surface area (Å²) in [6.07, 6.45) is -13.4. The molecule has 14 heteroatoms. The van der Waals surface area contributed by atoms with E-state index in [1.54, 1.807) is 0 Å². The molecule has 3 atom stereocenters. The molecule has 0 unspecified atom stereocenters. The van der Waals surface area contributed by atoms with Crippen LogP contribution in [0.1, 0.15) is 56.2 Å². The predicted octanol–water partition coefficient (Wildman–Crippen LogP) is 5.79. The minimum absolute atomic E-state index is 0.0715. The van der Waals surface area contributed by atoms with Crippen molar-refractivity contribution in [2.45, 2.75) is 85.3 Å². The van der Waals surface area contributed by atoms with E-state index in [0.717, 1.165) is 30.3 Å². The molecule has 1 amide bonds. The molecular weight excluding hydrogens is 586 g/mol. The number of amides is 1. The first kappa shape index (κ1) is 31.2. The van der Waals surface area contributed by atoms with Crippen LogP contribution in [0.5, 0.6) is 0 Å². The fourth-order valence-electron chi connectivity index (χ4n) is 6.20. The van der Waals surface area contributed by atoms with Gasteiger partial charge < -0.3 is 10.4 Å². The van der Waals surface area contributed by atoms with Crippen molar-refractivity contribution in [2.24, 2.45) is 5.92 Å².